The number of hydrogen-bond acceptors (Lipinski definition) is 3. The lowest BCUT2D eigenvalue weighted by Crippen LogP contribution is -2.09. The molecule has 1 aliphatic heterocycles. The van der Waals surface area contributed by atoms with Crippen LogP contribution in [0.1, 0.15) is 17.5 Å². The summed E-state index contributed by atoms with van der Waals surface area (Å²) in [5, 5.41) is 0. The average Bonchev–Trinajstić information content (AvgIpc) is 2.68. The van der Waals surface area contributed by atoms with E-state index in [-0.39, 0.29) is 4.90 Å². The molecule has 1 saturated heterocycles. The minimum Gasteiger partial charge on any atom is -0.381 e. The Hall–Kier alpha value is -0.910. The normalized spacial score (nSPS) is 20.7. The van der Waals surface area contributed by atoms with E-state index in [0.29, 0.717) is 24.5 Å². The van der Waals surface area contributed by atoms with Gasteiger partial charge in [-0.3, -0.25) is 4.55 Å². The highest BCUT2D eigenvalue weighted by molar-refractivity contribution is 7.85. The van der Waals surface area contributed by atoms with Crippen LogP contribution in [-0.4, -0.2) is 26.2 Å². The Morgan fingerprint density at radius 3 is 2.82 bits per heavy atom. The van der Waals surface area contributed by atoms with E-state index in [0.717, 1.165) is 18.6 Å². The molecule has 4 nitrogen and oxygen atoms in total. The summed E-state index contributed by atoms with van der Waals surface area (Å²) in [5.74, 6) is 0.345. The van der Waals surface area contributed by atoms with Gasteiger partial charge in [0.2, 0.25) is 0 Å². The predicted octanol–water partition coefficient (Wildman–Crippen LogP) is 1.82. The van der Waals surface area contributed by atoms with Crippen LogP contribution in [-0.2, 0) is 21.3 Å². The SMILES string of the molecule is Cc1ccc(S(=O)(=O)O)c(CC2CCOC2)c1. The van der Waals surface area contributed by atoms with Crippen LogP contribution in [0.3, 0.4) is 0 Å². The minimum atomic E-state index is -4.13. The van der Waals surface area contributed by atoms with Gasteiger partial charge in [0, 0.05) is 13.2 Å². The smallest absolute Gasteiger partial charge is 0.294 e. The molecule has 1 unspecified atom stereocenters. The number of benzene rings is 1. The van der Waals surface area contributed by atoms with Crippen LogP contribution < -0.4 is 0 Å². The van der Waals surface area contributed by atoms with Crippen LogP contribution in [0.15, 0.2) is 23.1 Å². The predicted molar refractivity (Wildman–Crippen MR) is 63.6 cm³/mol. The van der Waals surface area contributed by atoms with Crippen LogP contribution in [0.4, 0.5) is 0 Å². The molecule has 0 saturated carbocycles. The maximum Gasteiger partial charge on any atom is 0.294 e. The van der Waals surface area contributed by atoms with E-state index in [9.17, 15) is 13.0 Å². The van der Waals surface area contributed by atoms with Crippen molar-refractivity contribution in [3.05, 3.63) is 29.3 Å². The topological polar surface area (TPSA) is 63.6 Å². The number of hydrogen-bond donors (Lipinski definition) is 1. The van der Waals surface area contributed by atoms with Crippen molar-refractivity contribution >= 4 is 10.1 Å². The molecule has 1 atom stereocenters. The van der Waals surface area contributed by atoms with Gasteiger partial charge in [-0.2, -0.15) is 8.42 Å². The lowest BCUT2D eigenvalue weighted by molar-refractivity contribution is 0.185. The first-order chi connectivity index (χ1) is 7.97. The Bertz CT molecular complexity index is 501. The molecule has 17 heavy (non-hydrogen) atoms. The van der Waals surface area contributed by atoms with Crippen LogP contribution in [0.25, 0.3) is 0 Å². The largest absolute Gasteiger partial charge is 0.381 e. The first kappa shape index (κ1) is 12.5. The van der Waals surface area contributed by atoms with Crippen LogP contribution in [0, 0.1) is 12.8 Å². The van der Waals surface area contributed by atoms with Crippen molar-refractivity contribution < 1.29 is 17.7 Å². The third-order valence-corrected chi connectivity index (χ3v) is 3.98. The molecular weight excluding hydrogens is 240 g/mol. The van der Waals surface area contributed by atoms with Crippen molar-refractivity contribution in [3.8, 4) is 0 Å². The van der Waals surface area contributed by atoms with Gasteiger partial charge in [0.15, 0.2) is 0 Å². The molecule has 0 spiro atoms. The summed E-state index contributed by atoms with van der Waals surface area (Å²) in [5.41, 5.74) is 1.68. The van der Waals surface area contributed by atoms with Gasteiger partial charge in [-0.25, -0.2) is 0 Å². The number of ether oxygens (including phenoxy) is 1. The van der Waals surface area contributed by atoms with Gasteiger partial charge in [0.05, 0.1) is 4.90 Å². The van der Waals surface area contributed by atoms with Crippen molar-refractivity contribution in [1.29, 1.82) is 0 Å². The summed E-state index contributed by atoms with van der Waals surface area (Å²) in [6.07, 6.45) is 1.58. The van der Waals surface area contributed by atoms with Crippen molar-refractivity contribution in [2.24, 2.45) is 5.92 Å². The molecule has 1 aliphatic rings. The molecule has 1 aromatic carbocycles. The van der Waals surface area contributed by atoms with E-state index in [1.54, 1.807) is 6.07 Å². The lowest BCUT2D eigenvalue weighted by Gasteiger charge is -2.11. The summed E-state index contributed by atoms with van der Waals surface area (Å²) in [6.45, 7) is 3.30. The zero-order valence-electron chi connectivity index (χ0n) is 9.72. The van der Waals surface area contributed by atoms with Crippen LogP contribution in [0.2, 0.25) is 0 Å². The third kappa shape index (κ3) is 3.06. The Kier molecular flexibility index (Phi) is 3.51. The molecule has 1 heterocycles. The summed E-state index contributed by atoms with van der Waals surface area (Å²) < 4.78 is 37.0. The fraction of sp³-hybridized carbons (Fsp3) is 0.500. The van der Waals surface area contributed by atoms with E-state index in [1.807, 2.05) is 13.0 Å². The van der Waals surface area contributed by atoms with Crippen molar-refractivity contribution in [2.45, 2.75) is 24.7 Å². The highest BCUT2D eigenvalue weighted by atomic mass is 32.2. The monoisotopic (exact) mass is 256 g/mol. The molecule has 1 aromatic rings. The molecular formula is C12H16O4S. The van der Waals surface area contributed by atoms with Crippen LogP contribution in [0.5, 0.6) is 0 Å². The van der Waals surface area contributed by atoms with Gasteiger partial charge in [0.1, 0.15) is 0 Å². The Balaban J connectivity index is 2.33. The molecule has 5 heteroatoms. The highest BCUT2D eigenvalue weighted by Gasteiger charge is 2.21. The van der Waals surface area contributed by atoms with E-state index in [4.69, 9.17) is 4.74 Å². The van der Waals surface area contributed by atoms with Crippen LogP contribution >= 0.6 is 0 Å². The summed E-state index contributed by atoms with van der Waals surface area (Å²) in [6, 6.07) is 4.98. The van der Waals surface area contributed by atoms with E-state index in [1.165, 1.54) is 6.07 Å². The number of aryl methyl sites for hydroxylation is 1. The first-order valence-electron chi connectivity index (χ1n) is 5.61. The highest BCUT2D eigenvalue weighted by Crippen LogP contribution is 2.24. The van der Waals surface area contributed by atoms with Gasteiger partial charge in [-0.15, -0.1) is 0 Å². The second-order valence-electron chi connectivity index (χ2n) is 4.52. The lowest BCUT2D eigenvalue weighted by atomic mass is 9.98. The minimum absolute atomic E-state index is 0.0231. The zero-order valence-corrected chi connectivity index (χ0v) is 10.5. The Labute approximate surface area is 101 Å². The summed E-state index contributed by atoms with van der Waals surface area (Å²) >= 11 is 0. The number of rotatable bonds is 3. The van der Waals surface area contributed by atoms with Gasteiger partial charge in [-0.05, 0) is 37.3 Å². The van der Waals surface area contributed by atoms with Gasteiger partial charge in [0.25, 0.3) is 10.1 Å². The molecule has 1 fully saturated rings. The molecule has 0 radical (unpaired) electrons. The quantitative estimate of drug-likeness (QED) is 0.838. The second-order valence-corrected chi connectivity index (χ2v) is 5.91. The van der Waals surface area contributed by atoms with Gasteiger partial charge in [-0.1, -0.05) is 17.7 Å². The van der Waals surface area contributed by atoms with E-state index in [2.05, 4.69) is 0 Å². The summed E-state index contributed by atoms with van der Waals surface area (Å²) in [4.78, 5) is 0.0231. The maximum absolute atomic E-state index is 11.3. The van der Waals surface area contributed by atoms with E-state index >= 15 is 0 Å². The second kappa shape index (κ2) is 4.76. The summed E-state index contributed by atoms with van der Waals surface area (Å²) in [7, 11) is -4.13. The molecule has 94 valence electrons. The fourth-order valence-corrected chi connectivity index (χ4v) is 2.89. The molecule has 1 N–H and O–H groups in total. The van der Waals surface area contributed by atoms with Gasteiger partial charge >= 0.3 is 0 Å². The molecule has 0 amide bonds. The van der Waals surface area contributed by atoms with Crippen molar-refractivity contribution in [3.63, 3.8) is 0 Å². The first-order valence-corrected chi connectivity index (χ1v) is 7.05. The zero-order chi connectivity index (χ0) is 12.5. The molecule has 0 aromatic heterocycles. The standard InChI is InChI=1S/C12H16O4S/c1-9-2-3-12(17(13,14)15)11(6-9)7-10-4-5-16-8-10/h2-3,6,10H,4-5,7-8H2,1H3,(H,13,14,15). The molecule has 0 aliphatic carbocycles. The van der Waals surface area contributed by atoms with E-state index < -0.39 is 10.1 Å². The van der Waals surface area contributed by atoms with Gasteiger partial charge < -0.3 is 4.74 Å². The fourth-order valence-electron chi connectivity index (χ4n) is 2.17. The molecule has 0 bridgehead atoms. The maximum atomic E-state index is 11.3. The Morgan fingerprint density at radius 2 is 2.24 bits per heavy atom. The van der Waals surface area contributed by atoms with Crippen molar-refractivity contribution in [2.75, 3.05) is 13.2 Å². The van der Waals surface area contributed by atoms with Crippen molar-refractivity contribution in [1.82, 2.24) is 0 Å². The third-order valence-electron chi connectivity index (χ3n) is 3.03. The average molecular weight is 256 g/mol. The molecule has 2 rings (SSSR count). The Morgan fingerprint density at radius 1 is 1.47 bits per heavy atom.